The van der Waals surface area contributed by atoms with Gasteiger partial charge in [0.05, 0.1) is 6.07 Å². The Balaban J connectivity index is 2.72. The van der Waals surface area contributed by atoms with E-state index in [2.05, 4.69) is 12.1 Å². The summed E-state index contributed by atoms with van der Waals surface area (Å²) >= 11 is 0. The Labute approximate surface area is 72.9 Å². The van der Waals surface area contributed by atoms with Crippen LogP contribution < -0.4 is 0 Å². The fraction of sp³-hybridized carbons (Fsp3) is 0.600. The van der Waals surface area contributed by atoms with Crippen LogP contribution in [0.4, 0.5) is 0 Å². The molecular formula is C10H13NO. The third kappa shape index (κ3) is 2.20. The van der Waals surface area contributed by atoms with E-state index in [-0.39, 0.29) is 11.7 Å². The molecule has 0 bridgehead atoms. The lowest BCUT2D eigenvalue weighted by atomic mass is 9.91. The van der Waals surface area contributed by atoms with E-state index < -0.39 is 0 Å². The highest BCUT2D eigenvalue weighted by molar-refractivity contribution is 5.83. The minimum Gasteiger partial charge on any atom is -0.298 e. The van der Waals surface area contributed by atoms with Crippen LogP contribution >= 0.6 is 0 Å². The summed E-state index contributed by atoms with van der Waals surface area (Å²) in [6.45, 7) is 1.99. The maximum absolute atomic E-state index is 11.3. The first-order chi connectivity index (χ1) is 5.74. The molecule has 0 spiro atoms. The maximum atomic E-state index is 11.3. The van der Waals surface area contributed by atoms with E-state index in [4.69, 9.17) is 5.26 Å². The topological polar surface area (TPSA) is 40.9 Å². The normalized spacial score (nSPS) is 29.5. The standard InChI is InChI=1S/C10H13NO/c1-8-4-2-3-5-10(12)9(6-8)7-11/h4,9H,2-3,5-6H2,1H3/b8-4-. The van der Waals surface area contributed by atoms with Crippen molar-refractivity contribution in [1.29, 1.82) is 5.26 Å². The Hall–Kier alpha value is -1.10. The fourth-order valence-electron chi connectivity index (χ4n) is 1.44. The van der Waals surface area contributed by atoms with Crippen LogP contribution in [0, 0.1) is 17.2 Å². The van der Waals surface area contributed by atoms with Gasteiger partial charge in [0.15, 0.2) is 0 Å². The van der Waals surface area contributed by atoms with E-state index in [1.165, 1.54) is 5.57 Å². The molecule has 0 aromatic rings. The van der Waals surface area contributed by atoms with Crippen molar-refractivity contribution in [2.75, 3.05) is 0 Å². The Morgan fingerprint density at radius 2 is 2.42 bits per heavy atom. The molecule has 0 saturated carbocycles. The van der Waals surface area contributed by atoms with Gasteiger partial charge in [0.25, 0.3) is 0 Å². The molecule has 0 amide bonds. The molecule has 1 rings (SSSR count). The molecule has 0 N–H and O–H groups in total. The summed E-state index contributed by atoms with van der Waals surface area (Å²) in [5.74, 6) is -0.272. The van der Waals surface area contributed by atoms with Crippen molar-refractivity contribution in [3.63, 3.8) is 0 Å². The minimum absolute atomic E-state index is 0.116. The zero-order chi connectivity index (χ0) is 8.97. The summed E-state index contributed by atoms with van der Waals surface area (Å²) in [5, 5.41) is 8.70. The first kappa shape index (κ1) is 8.99. The van der Waals surface area contributed by atoms with Crippen LogP contribution in [0.3, 0.4) is 0 Å². The molecule has 0 aromatic heterocycles. The van der Waals surface area contributed by atoms with Gasteiger partial charge in [0.2, 0.25) is 0 Å². The summed E-state index contributed by atoms with van der Waals surface area (Å²) in [4.78, 5) is 11.3. The highest BCUT2D eigenvalue weighted by atomic mass is 16.1. The van der Waals surface area contributed by atoms with E-state index in [0.29, 0.717) is 12.8 Å². The molecule has 0 radical (unpaired) electrons. The number of nitriles is 1. The van der Waals surface area contributed by atoms with E-state index in [1.807, 2.05) is 6.92 Å². The van der Waals surface area contributed by atoms with Gasteiger partial charge in [-0.05, 0) is 26.2 Å². The number of Topliss-reactive ketones (excluding diaryl/α,β-unsaturated/α-hetero) is 1. The number of nitrogens with zero attached hydrogens (tertiary/aromatic N) is 1. The quantitative estimate of drug-likeness (QED) is 0.514. The van der Waals surface area contributed by atoms with Crippen molar-refractivity contribution in [2.24, 2.45) is 5.92 Å². The molecule has 0 aliphatic heterocycles. The van der Waals surface area contributed by atoms with Gasteiger partial charge >= 0.3 is 0 Å². The summed E-state index contributed by atoms with van der Waals surface area (Å²) in [5.41, 5.74) is 1.18. The average Bonchev–Trinajstić information content (AvgIpc) is 2.05. The third-order valence-corrected chi connectivity index (χ3v) is 2.19. The highest BCUT2D eigenvalue weighted by Crippen LogP contribution is 2.18. The van der Waals surface area contributed by atoms with Crippen molar-refractivity contribution in [1.82, 2.24) is 0 Å². The molecule has 0 fully saturated rings. The second-order valence-corrected chi connectivity index (χ2v) is 3.29. The highest BCUT2D eigenvalue weighted by Gasteiger charge is 2.18. The summed E-state index contributed by atoms with van der Waals surface area (Å²) in [6.07, 6.45) is 5.22. The molecule has 12 heavy (non-hydrogen) atoms. The lowest BCUT2D eigenvalue weighted by molar-refractivity contribution is -0.121. The largest absolute Gasteiger partial charge is 0.298 e. The number of ketones is 1. The van der Waals surface area contributed by atoms with E-state index >= 15 is 0 Å². The predicted molar refractivity (Wildman–Crippen MR) is 46.3 cm³/mol. The zero-order valence-corrected chi connectivity index (χ0v) is 7.34. The number of allylic oxidation sites excluding steroid dienone is 2. The van der Waals surface area contributed by atoms with Crippen molar-refractivity contribution >= 4 is 5.78 Å². The van der Waals surface area contributed by atoms with Crippen LogP contribution in [0.25, 0.3) is 0 Å². The number of carbonyl (C=O) groups is 1. The molecule has 1 unspecified atom stereocenters. The van der Waals surface area contributed by atoms with Crippen molar-refractivity contribution < 1.29 is 4.79 Å². The van der Waals surface area contributed by atoms with Gasteiger partial charge in [-0.25, -0.2) is 0 Å². The lowest BCUT2D eigenvalue weighted by Gasteiger charge is -2.11. The summed E-state index contributed by atoms with van der Waals surface area (Å²) < 4.78 is 0. The van der Waals surface area contributed by atoms with E-state index in [1.54, 1.807) is 0 Å². The first-order valence-electron chi connectivity index (χ1n) is 4.32. The van der Waals surface area contributed by atoms with Gasteiger partial charge in [0.1, 0.15) is 11.7 Å². The lowest BCUT2D eigenvalue weighted by Crippen LogP contribution is -2.14. The monoisotopic (exact) mass is 163 g/mol. The van der Waals surface area contributed by atoms with Crippen molar-refractivity contribution in [3.05, 3.63) is 11.6 Å². The number of hydrogen-bond donors (Lipinski definition) is 0. The van der Waals surface area contributed by atoms with Crippen LogP contribution in [0.2, 0.25) is 0 Å². The van der Waals surface area contributed by atoms with Crippen molar-refractivity contribution in [2.45, 2.75) is 32.6 Å². The predicted octanol–water partition coefficient (Wildman–Crippen LogP) is 2.22. The van der Waals surface area contributed by atoms with Crippen LogP contribution in [0.15, 0.2) is 11.6 Å². The van der Waals surface area contributed by atoms with Gasteiger partial charge in [-0.2, -0.15) is 5.26 Å². The Morgan fingerprint density at radius 1 is 1.67 bits per heavy atom. The van der Waals surface area contributed by atoms with Crippen LogP contribution in [-0.2, 0) is 4.79 Å². The number of carbonyl (C=O) groups excluding carboxylic acids is 1. The van der Waals surface area contributed by atoms with Gasteiger partial charge in [-0.1, -0.05) is 11.6 Å². The molecule has 0 aromatic carbocycles. The molecule has 64 valence electrons. The van der Waals surface area contributed by atoms with E-state index in [9.17, 15) is 4.79 Å². The Bertz CT molecular complexity index is 247. The molecule has 1 atom stereocenters. The van der Waals surface area contributed by atoms with Gasteiger partial charge in [0, 0.05) is 6.42 Å². The van der Waals surface area contributed by atoms with Crippen LogP contribution in [-0.4, -0.2) is 5.78 Å². The smallest absolute Gasteiger partial charge is 0.150 e. The summed E-state index contributed by atoms with van der Waals surface area (Å²) in [6, 6.07) is 2.06. The molecule has 2 nitrogen and oxygen atoms in total. The third-order valence-electron chi connectivity index (χ3n) is 2.19. The molecular weight excluding hydrogens is 150 g/mol. The van der Waals surface area contributed by atoms with Crippen LogP contribution in [0.1, 0.15) is 32.6 Å². The number of rotatable bonds is 0. The fourth-order valence-corrected chi connectivity index (χ4v) is 1.44. The second-order valence-electron chi connectivity index (χ2n) is 3.29. The van der Waals surface area contributed by atoms with Gasteiger partial charge < -0.3 is 0 Å². The first-order valence-corrected chi connectivity index (χ1v) is 4.32. The summed E-state index contributed by atoms with van der Waals surface area (Å²) in [7, 11) is 0. The minimum atomic E-state index is -0.387. The molecule has 0 heterocycles. The van der Waals surface area contributed by atoms with Crippen LogP contribution in [0.5, 0.6) is 0 Å². The Morgan fingerprint density at radius 3 is 3.08 bits per heavy atom. The molecule has 1 aliphatic rings. The molecule has 1 aliphatic carbocycles. The van der Waals surface area contributed by atoms with Gasteiger partial charge in [-0.15, -0.1) is 0 Å². The molecule has 2 heteroatoms. The zero-order valence-electron chi connectivity index (χ0n) is 7.34. The second kappa shape index (κ2) is 4.06. The Kier molecular flexibility index (Phi) is 3.04. The molecule has 0 saturated heterocycles. The number of hydrogen-bond acceptors (Lipinski definition) is 2. The van der Waals surface area contributed by atoms with Crippen molar-refractivity contribution in [3.8, 4) is 6.07 Å². The van der Waals surface area contributed by atoms with Gasteiger partial charge in [-0.3, -0.25) is 4.79 Å². The maximum Gasteiger partial charge on any atom is 0.150 e. The SMILES string of the molecule is C/C1=C/CCCC(=O)C(C#N)C1. The average molecular weight is 163 g/mol. The van der Waals surface area contributed by atoms with E-state index in [0.717, 1.165) is 12.8 Å².